The Hall–Kier alpha value is -4.25. The number of nitrogens with one attached hydrogen (secondary N) is 2. The van der Waals surface area contributed by atoms with Crippen molar-refractivity contribution in [3.8, 4) is 16.9 Å². The van der Waals surface area contributed by atoms with Gasteiger partial charge in [-0.05, 0) is 45.0 Å². The molecule has 0 saturated carbocycles. The monoisotopic (exact) mass is 487 g/mol. The highest BCUT2D eigenvalue weighted by atomic mass is 19.1. The van der Waals surface area contributed by atoms with E-state index in [0.29, 0.717) is 22.7 Å². The van der Waals surface area contributed by atoms with Gasteiger partial charge in [-0.1, -0.05) is 0 Å². The molecule has 5 heterocycles. The molecule has 0 aliphatic carbocycles. The molecule has 5 aromatic rings. The van der Waals surface area contributed by atoms with Crippen LogP contribution in [0.25, 0.3) is 28.0 Å². The first kappa shape index (κ1) is 22.2. The largest absolute Gasteiger partial charge is 0.326 e. The summed E-state index contributed by atoms with van der Waals surface area (Å²) in [6.45, 7) is 7.36. The van der Waals surface area contributed by atoms with E-state index in [1.54, 1.807) is 23.0 Å². The van der Waals surface area contributed by atoms with Gasteiger partial charge < -0.3 is 15.2 Å². The van der Waals surface area contributed by atoms with Crippen LogP contribution in [0.2, 0.25) is 0 Å². The first-order valence-electron chi connectivity index (χ1n) is 11.6. The molecule has 0 atom stereocenters. The van der Waals surface area contributed by atoms with Crippen LogP contribution in [-0.4, -0.2) is 34.3 Å². The van der Waals surface area contributed by atoms with Crippen LogP contribution in [-0.2, 0) is 13.1 Å². The van der Waals surface area contributed by atoms with Gasteiger partial charge in [0.1, 0.15) is 22.9 Å². The summed E-state index contributed by atoms with van der Waals surface area (Å²) in [6, 6.07) is 6.65. The summed E-state index contributed by atoms with van der Waals surface area (Å²) in [5.74, 6) is 0.122. The predicted molar refractivity (Wildman–Crippen MR) is 131 cm³/mol. The SMILES string of the molecule is Cc1nc2c(F)cc(-c3nc(Nc4ccc(-n5cc6c(n5)CNC6)cn4)ncc3F)cc2n1C(C)C. The molecule has 36 heavy (non-hydrogen) atoms. The van der Waals surface area contributed by atoms with Crippen molar-refractivity contribution in [3.05, 3.63) is 71.6 Å². The minimum absolute atomic E-state index is 0.0151. The third-order valence-corrected chi connectivity index (χ3v) is 6.20. The molecule has 11 heteroatoms. The lowest BCUT2D eigenvalue weighted by atomic mass is 10.1. The van der Waals surface area contributed by atoms with Crippen molar-refractivity contribution in [1.29, 1.82) is 0 Å². The first-order valence-corrected chi connectivity index (χ1v) is 11.6. The fourth-order valence-electron chi connectivity index (χ4n) is 4.59. The number of nitrogens with zero attached hydrogens (tertiary/aromatic N) is 7. The zero-order chi connectivity index (χ0) is 25.0. The van der Waals surface area contributed by atoms with E-state index in [9.17, 15) is 8.78 Å². The number of aryl methyl sites for hydroxylation is 1. The Morgan fingerprint density at radius 1 is 1.03 bits per heavy atom. The van der Waals surface area contributed by atoms with Crippen LogP contribution >= 0.6 is 0 Å². The molecule has 1 aliphatic heterocycles. The summed E-state index contributed by atoms with van der Waals surface area (Å²) < 4.78 is 33.4. The summed E-state index contributed by atoms with van der Waals surface area (Å²) in [5.41, 5.74) is 4.14. The van der Waals surface area contributed by atoms with Crippen LogP contribution in [0.15, 0.2) is 42.9 Å². The van der Waals surface area contributed by atoms with Gasteiger partial charge in [-0.2, -0.15) is 5.10 Å². The van der Waals surface area contributed by atoms with Crippen LogP contribution in [0, 0.1) is 18.6 Å². The van der Waals surface area contributed by atoms with Gasteiger partial charge in [0, 0.05) is 36.5 Å². The maximum atomic E-state index is 14.9. The first-order chi connectivity index (χ1) is 17.4. The maximum absolute atomic E-state index is 14.9. The number of aromatic nitrogens is 7. The number of hydrogen-bond donors (Lipinski definition) is 2. The van der Waals surface area contributed by atoms with Crippen molar-refractivity contribution in [1.82, 2.24) is 39.6 Å². The van der Waals surface area contributed by atoms with Crippen molar-refractivity contribution in [2.45, 2.75) is 39.9 Å². The topological polar surface area (TPSA) is 98.4 Å². The Labute approximate surface area is 205 Å². The Bertz CT molecular complexity index is 1580. The number of rotatable bonds is 5. The summed E-state index contributed by atoms with van der Waals surface area (Å²) in [6.07, 6.45) is 4.73. The van der Waals surface area contributed by atoms with Crippen molar-refractivity contribution < 1.29 is 8.78 Å². The Morgan fingerprint density at radius 3 is 2.64 bits per heavy atom. The number of benzene rings is 1. The predicted octanol–water partition coefficient (Wildman–Crippen LogP) is 4.59. The molecule has 0 unspecified atom stereocenters. The second-order valence-corrected chi connectivity index (χ2v) is 9.01. The third-order valence-electron chi connectivity index (χ3n) is 6.20. The standard InChI is InChI=1S/C25H23F2N9/c1-13(2)36-14(3)31-24-18(26)6-15(7-21(24)36)23-19(27)10-30-25(33-23)32-22-5-4-17(9-29-22)35-12-16-8-28-11-20(16)34-35/h4-7,9-10,12-13,28H,8,11H2,1-3H3,(H,29,30,32,33). The van der Waals surface area contributed by atoms with Gasteiger partial charge in [0.05, 0.1) is 29.3 Å². The van der Waals surface area contributed by atoms with E-state index in [4.69, 9.17) is 0 Å². The molecule has 1 aliphatic rings. The second kappa shape index (κ2) is 8.45. The number of fused-ring (bicyclic) bond motifs is 2. The quantitative estimate of drug-likeness (QED) is 0.374. The van der Waals surface area contributed by atoms with Gasteiger partial charge in [-0.3, -0.25) is 0 Å². The molecule has 1 aromatic carbocycles. The average Bonchev–Trinajstić information content (AvgIpc) is 3.54. The zero-order valence-corrected chi connectivity index (χ0v) is 19.9. The number of pyridine rings is 1. The molecule has 9 nitrogen and oxygen atoms in total. The summed E-state index contributed by atoms with van der Waals surface area (Å²) in [7, 11) is 0. The molecule has 2 N–H and O–H groups in total. The van der Waals surface area contributed by atoms with E-state index in [1.807, 2.05) is 37.6 Å². The smallest absolute Gasteiger partial charge is 0.229 e. The maximum Gasteiger partial charge on any atom is 0.229 e. The van der Waals surface area contributed by atoms with Gasteiger partial charge in [-0.25, -0.2) is 33.4 Å². The van der Waals surface area contributed by atoms with Gasteiger partial charge in [0.2, 0.25) is 5.95 Å². The molecule has 182 valence electrons. The molecular weight excluding hydrogens is 464 g/mol. The van der Waals surface area contributed by atoms with Gasteiger partial charge in [0.15, 0.2) is 11.6 Å². The van der Waals surface area contributed by atoms with Crippen LogP contribution in [0.1, 0.15) is 37.0 Å². The van der Waals surface area contributed by atoms with Crippen molar-refractivity contribution >= 4 is 22.8 Å². The van der Waals surface area contributed by atoms with Gasteiger partial charge >= 0.3 is 0 Å². The number of halogens is 2. The minimum Gasteiger partial charge on any atom is -0.326 e. The number of imidazole rings is 1. The summed E-state index contributed by atoms with van der Waals surface area (Å²) >= 11 is 0. The lowest BCUT2D eigenvalue weighted by Gasteiger charge is -2.12. The van der Waals surface area contributed by atoms with Crippen LogP contribution < -0.4 is 10.6 Å². The molecule has 4 aromatic heterocycles. The fourth-order valence-corrected chi connectivity index (χ4v) is 4.59. The molecule has 0 spiro atoms. The fraction of sp³-hybridized carbons (Fsp3) is 0.240. The highest BCUT2D eigenvalue weighted by molar-refractivity contribution is 5.83. The van der Waals surface area contributed by atoms with E-state index in [1.165, 1.54) is 11.6 Å². The lowest BCUT2D eigenvalue weighted by Crippen LogP contribution is -2.06. The molecule has 0 saturated heterocycles. The molecule has 0 radical (unpaired) electrons. The highest BCUT2D eigenvalue weighted by Crippen LogP contribution is 2.30. The van der Waals surface area contributed by atoms with E-state index in [-0.39, 0.29) is 23.2 Å². The Kier molecular flexibility index (Phi) is 5.22. The van der Waals surface area contributed by atoms with Crippen LogP contribution in [0.4, 0.5) is 20.5 Å². The van der Waals surface area contributed by atoms with E-state index in [2.05, 4.69) is 35.7 Å². The highest BCUT2D eigenvalue weighted by Gasteiger charge is 2.19. The van der Waals surface area contributed by atoms with Crippen molar-refractivity contribution in [2.75, 3.05) is 5.32 Å². The van der Waals surface area contributed by atoms with Crippen LogP contribution in [0.3, 0.4) is 0 Å². The zero-order valence-electron chi connectivity index (χ0n) is 19.9. The van der Waals surface area contributed by atoms with Gasteiger partial charge in [-0.15, -0.1) is 0 Å². The summed E-state index contributed by atoms with van der Waals surface area (Å²) in [4.78, 5) is 17.1. The number of anilines is 2. The number of hydrogen-bond acceptors (Lipinski definition) is 7. The van der Waals surface area contributed by atoms with E-state index >= 15 is 0 Å². The average molecular weight is 488 g/mol. The summed E-state index contributed by atoms with van der Waals surface area (Å²) in [5, 5.41) is 10.8. The van der Waals surface area contributed by atoms with Crippen LogP contribution in [0.5, 0.6) is 0 Å². The van der Waals surface area contributed by atoms with E-state index < -0.39 is 11.6 Å². The van der Waals surface area contributed by atoms with E-state index in [0.717, 1.165) is 30.7 Å². The van der Waals surface area contributed by atoms with Crippen molar-refractivity contribution in [2.24, 2.45) is 0 Å². The third kappa shape index (κ3) is 3.77. The molecule has 6 rings (SSSR count). The molecule has 0 bridgehead atoms. The Balaban J connectivity index is 1.30. The molecular formula is C25H23F2N9. The lowest BCUT2D eigenvalue weighted by molar-refractivity contribution is 0.600. The molecule has 0 fully saturated rings. The van der Waals surface area contributed by atoms with Crippen molar-refractivity contribution in [3.63, 3.8) is 0 Å². The minimum atomic E-state index is -0.656. The normalized spacial score (nSPS) is 13.1. The van der Waals surface area contributed by atoms with Gasteiger partial charge in [0.25, 0.3) is 0 Å². The second-order valence-electron chi connectivity index (χ2n) is 9.01. The molecule has 0 amide bonds. The Morgan fingerprint density at radius 2 is 1.89 bits per heavy atom.